The summed E-state index contributed by atoms with van der Waals surface area (Å²) in [7, 11) is 0. The minimum absolute atomic E-state index is 0.0482. The number of alkyl halides is 1. The van der Waals surface area contributed by atoms with Crippen LogP contribution in [0.5, 0.6) is 0 Å². The summed E-state index contributed by atoms with van der Waals surface area (Å²) in [6.07, 6.45) is 0.497. The molecular formula is C4H4ClN3O2. The Bertz CT molecular complexity index is 236. The molecule has 5 nitrogen and oxygen atoms in total. The molecule has 54 valence electrons. The second-order valence-corrected chi connectivity index (χ2v) is 2.04. The maximum Gasteiger partial charge on any atom is 0.193 e. The summed E-state index contributed by atoms with van der Waals surface area (Å²) in [6, 6.07) is 0. The molecule has 0 aromatic carbocycles. The van der Waals surface area contributed by atoms with E-state index in [1.807, 2.05) is 0 Å². The molecule has 1 unspecified atom stereocenters. The highest BCUT2D eigenvalue weighted by Crippen LogP contribution is 2.19. The van der Waals surface area contributed by atoms with Crippen molar-refractivity contribution in [1.82, 2.24) is 10.3 Å². The van der Waals surface area contributed by atoms with Crippen LogP contribution >= 0.6 is 11.6 Å². The van der Waals surface area contributed by atoms with Crippen LogP contribution in [0.2, 0.25) is 0 Å². The van der Waals surface area contributed by atoms with Crippen molar-refractivity contribution in [3.05, 3.63) is 5.69 Å². The van der Waals surface area contributed by atoms with Crippen molar-refractivity contribution in [2.45, 2.75) is 5.38 Å². The number of halogens is 1. The number of nitrogens with zero attached hydrogens (tertiary/aromatic N) is 2. The molecule has 2 N–H and O–H groups in total. The second kappa shape index (κ2) is 2.66. The van der Waals surface area contributed by atoms with Crippen LogP contribution < -0.4 is 5.73 Å². The van der Waals surface area contributed by atoms with E-state index in [4.69, 9.17) is 17.3 Å². The van der Waals surface area contributed by atoms with Crippen LogP contribution in [-0.2, 0) is 4.79 Å². The van der Waals surface area contributed by atoms with E-state index in [9.17, 15) is 4.79 Å². The average molecular weight is 162 g/mol. The number of aldehydes is 1. The Balaban J connectivity index is 2.92. The normalized spacial score (nSPS) is 12.9. The molecule has 1 atom stereocenters. The van der Waals surface area contributed by atoms with Crippen molar-refractivity contribution in [1.29, 1.82) is 0 Å². The standard InChI is InChI=1S/C4H4ClN3O2/c5-2(1-9)3-4(6)8-10-7-3/h1-2H,(H2,6,8). The van der Waals surface area contributed by atoms with Crippen molar-refractivity contribution < 1.29 is 9.42 Å². The fraction of sp³-hybridized carbons (Fsp3) is 0.250. The molecule has 6 heteroatoms. The molecule has 0 saturated heterocycles. The number of hydrogen-bond acceptors (Lipinski definition) is 5. The Kier molecular flexibility index (Phi) is 1.86. The van der Waals surface area contributed by atoms with Crippen LogP contribution in [0.25, 0.3) is 0 Å². The van der Waals surface area contributed by atoms with E-state index in [0.29, 0.717) is 6.29 Å². The predicted molar refractivity (Wildman–Crippen MR) is 33.4 cm³/mol. The van der Waals surface area contributed by atoms with Gasteiger partial charge in [0.05, 0.1) is 0 Å². The molecule has 0 aliphatic heterocycles. The molecular weight excluding hydrogens is 158 g/mol. The van der Waals surface area contributed by atoms with Crippen molar-refractivity contribution in [3.8, 4) is 0 Å². The lowest BCUT2D eigenvalue weighted by molar-refractivity contribution is -0.107. The number of carbonyl (C=O) groups excluding carboxylic acids is 1. The lowest BCUT2D eigenvalue weighted by Crippen LogP contribution is -1.97. The van der Waals surface area contributed by atoms with Crippen molar-refractivity contribution >= 4 is 23.7 Å². The average Bonchev–Trinajstić information content (AvgIpc) is 2.34. The van der Waals surface area contributed by atoms with E-state index < -0.39 is 5.38 Å². The van der Waals surface area contributed by atoms with Crippen molar-refractivity contribution in [2.75, 3.05) is 5.73 Å². The summed E-state index contributed by atoms with van der Waals surface area (Å²) in [5, 5.41) is 5.68. The molecule has 1 rings (SSSR count). The summed E-state index contributed by atoms with van der Waals surface area (Å²) in [5.41, 5.74) is 5.37. The molecule has 0 fully saturated rings. The summed E-state index contributed by atoms with van der Waals surface area (Å²) in [5.74, 6) is 0.0482. The Hall–Kier alpha value is -1.10. The first-order valence-electron chi connectivity index (χ1n) is 2.43. The zero-order valence-electron chi connectivity index (χ0n) is 4.82. The van der Waals surface area contributed by atoms with Gasteiger partial charge in [0, 0.05) is 0 Å². The summed E-state index contributed by atoms with van der Waals surface area (Å²) >= 11 is 5.43. The quantitative estimate of drug-likeness (QED) is 0.493. The van der Waals surface area contributed by atoms with Gasteiger partial charge in [-0.3, -0.25) is 0 Å². The first kappa shape index (κ1) is 7.01. The third kappa shape index (κ3) is 1.08. The lowest BCUT2D eigenvalue weighted by Gasteiger charge is -1.91. The van der Waals surface area contributed by atoms with Gasteiger partial charge in [0.1, 0.15) is 11.7 Å². The van der Waals surface area contributed by atoms with Gasteiger partial charge in [-0.05, 0) is 5.16 Å². The van der Waals surface area contributed by atoms with Crippen LogP contribution in [0.15, 0.2) is 4.63 Å². The zero-order valence-corrected chi connectivity index (χ0v) is 5.58. The van der Waals surface area contributed by atoms with E-state index in [-0.39, 0.29) is 11.5 Å². The highest BCUT2D eigenvalue weighted by molar-refractivity contribution is 6.27. The number of rotatable bonds is 2. The second-order valence-electron chi connectivity index (χ2n) is 1.57. The maximum absolute atomic E-state index is 10.1. The molecule has 1 aromatic rings. The SMILES string of the molecule is Nc1nonc1C(Cl)C=O. The molecule has 0 bridgehead atoms. The Labute approximate surface area is 61.1 Å². The molecule has 0 spiro atoms. The highest BCUT2D eigenvalue weighted by Gasteiger charge is 2.15. The van der Waals surface area contributed by atoms with Crippen LogP contribution in [0.1, 0.15) is 11.1 Å². The third-order valence-electron chi connectivity index (χ3n) is 0.921. The smallest absolute Gasteiger partial charge is 0.193 e. The van der Waals surface area contributed by atoms with Crippen LogP contribution in [0.4, 0.5) is 5.82 Å². The van der Waals surface area contributed by atoms with Gasteiger partial charge in [-0.15, -0.1) is 11.6 Å². The van der Waals surface area contributed by atoms with E-state index in [2.05, 4.69) is 14.9 Å². The number of aromatic nitrogens is 2. The van der Waals surface area contributed by atoms with Gasteiger partial charge in [0.2, 0.25) is 0 Å². The number of nitrogens with two attached hydrogens (primary N) is 1. The van der Waals surface area contributed by atoms with Crippen LogP contribution in [-0.4, -0.2) is 16.6 Å². The molecule has 1 heterocycles. The molecule has 0 saturated carbocycles. The molecule has 10 heavy (non-hydrogen) atoms. The Morgan fingerprint density at radius 2 is 2.40 bits per heavy atom. The largest absolute Gasteiger partial charge is 0.379 e. The van der Waals surface area contributed by atoms with Gasteiger partial charge in [0.15, 0.2) is 11.5 Å². The van der Waals surface area contributed by atoms with Gasteiger partial charge < -0.3 is 10.5 Å². The summed E-state index contributed by atoms with van der Waals surface area (Å²) < 4.78 is 4.20. The van der Waals surface area contributed by atoms with Crippen LogP contribution in [0, 0.1) is 0 Å². The van der Waals surface area contributed by atoms with Gasteiger partial charge in [-0.25, -0.2) is 4.63 Å². The fourth-order valence-electron chi connectivity index (χ4n) is 0.458. The molecule has 1 aromatic heterocycles. The maximum atomic E-state index is 10.1. The molecule has 0 aliphatic rings. The summed E-state index contributed by atoms with van der Waals surface area (Å²) in [4.78, 5) is 10.1. The van der Waals surface area contributed by atoms with E-state index in [1.165, 1.54) is 0 Å². The highest BCUT2D eigenvalue weighted by atomic mass is 35.5. The molecule has 0 radical (unpaired) electrons. The number of nitrogen functional groups attached to an aromatic ring is 1. The van der Waals surface area contributed by atoms with Crippen molar-refractivity contribution in [3.63, 3.8) is 0 Å². The number of anilines is 1. The minimum atomic E-state index is -0.869. The van der Waals surface area contributed by atoms with E-state index in [0.717, 1.165) is 0 Å². The van der Waals surface area contributed by atoms with Gasteiger partial charge in [-0.2, -0.15) is 0 Å². The fourth-order valence-corrected chi connectivity index (χ4v) is 0.610. The number of carbonyl (C=O) groups is 1. The van der Waals surface area contributed by atoms with Gasteiger partial charge >= 0.3 is 0 Å². The van der Waals surface area contributed by atoms with Crippen LogP contribution in [0.3, 0.4) is 0 Å². The van der Waals surface area contributed by atoms with Gasteiger partial charge in [-0.1, -0.05) is 5.16 Å². The van der Waals surface area contributed by atoms with E-state index in [1.54, 1.807) is 0 Å². The monoisotopic (exact) mass is 161 g/mol. The third-order valence-corrected chi connectivity index (χ3v) is 1.23. The Morgan fingerprint density at radius 1 is 1.70 bits per heavy atom. The minimum Gasteiger partial charge on any atom is -0.379 e. The first-order valence-corrected chi connectivity index (χ1v) is 2.86. The molecule has 0 amide bonds. The first-order chi connectivity index (χ1) is 4.75. The molecule has 0 aliphatic carbocycles. The predicted octanol–water partition coefficient (Wildman–Crippen LogP) is 0.131. The zero-order chi connectivity index (χ0) is 7.56. The summed E-state index contributed by atoms with van der Waals surface area (Å²) in [6.45, 7) is 0. The van der Waals surface area contributed by atoms with Gasteiger partial charge in [0.25, 0.3) is 0 Å². The number of hydrogen-bond donors (Lipinski definition) is 1. The Morgan fingerprint density at radius 3 is 2.80 bits per heavy atom. The lowest BCUT2D eigenvalue weighted by atomic mass is 10.3. The van der Waals surface area contributed by atoms with E-state index >= 15 is 0 Å². The topological polar surface area (TPSA) is 82.0 Å². The van der Waals surface area contributed by atoms with Crippen molar-refractivity contribution in [2.24, 2.45) is 0 Å².